The molecule has 0 amide bonds. The maximum atomic E-state index is 14.0. The molecule has 0 bridgehead atoms. The molecular formula is C34H26N2O5S. The van der Waals surface area contributed by atoms with Crippen LogP contribution in [0.2, 0.25) is 0 Å². The Morgan fingerprint density at radius 1 is 1.05 bits per heavy atom. The highest BCUT2D eigenvalue weighted by molar-refractivity contribution is 7.07. The zero-order valence-electron chi connectivity index (χ0n) is 23.0. The highest BCUT2D eigenvalue weighted by atomic mass is 32.1. The van der Waals surface area contributed by atoms with Crippen molar-refractivity contribution in [3.8, 4) is 17.1 Å². The van der Waals surface area contributed by atoms with Crippen LogP contribution in [0.25, 0.3) is 23.1 Å². The topological polar surface area (TPSA) is 94.0 Å². The molecular weight excluding hydrogens is 548 g/mol. The summed E-state index contributed by atoms with van der Waals surface area (Å²) >= 11 is 1.34. The second-order valence-electron chi connectivity index (χ2n) is 10.4. The van der Waals surface area contributed by atoms with E-state index in [4.69, 9.17) is 14.1 Å². The van der Waals surface area contributed by atoms with Crippen LogP contribution in [-0.4, -0.2) is 22.8 Å². The number of methoxy groups -OCH3 is 1. The van der Waals surface area contributed by atoms with Crippen LogP contribution in [0.15, 0.2) is 98.6 Å². The minimum absolute atomic E-state index is 0.132. The van der Waals surface area contributed by atoms with Crippen LogP contribution in [0.1, 0.15) is 50.8 Å². The van der Waals surface area contributed by atoms with Gasteiger partial charge in [-0.2, -0.15) is 0 Å². The van der Waals surface area contributed by atoms with E-state index >= 15 is 0 Å². The summed E-state index contributed by atoms with van der Waals surface area (Å²) in [5.41, 5.74) is 7.10. The summed E-state index contributed by atoms with van der Waals surface area (Å²) in [4.78, 5) is 31.2. The van der Waals surface area contributed by atoms with Crippen molar-refractivity contribution >= 4 is 29.1 Å². The number of furan rings is 1. The van der Waals surface area contributed by atoms with E-state index in [1.54, 1.807) is 48.1 Å². The number of fused-ring (bicyclic) bond motifs is 3. The lowest BCUT2D eigenvalue weighted by molar-refractivity contribution is 0.0697. The Morgan fingerprint density at radius 2 is 1.86 bits per heavy atom. The number of aromatic nitrogens is 1. The predicted molar refractivity (Wildman–Crippen MR) is 162 cm³/mol. The van der Waals surface area contributed by atoms with Crippen molar-refractivity contribution in [2.75, 3.05) is 7.11 Å². The molecule has 1 atom stereocenters. The van der Waals surface area contributed by atoms with Crippen LogP contribution in [0, 0.1) is 6.92 Å². The number of aryl methyl sites for hydroxylation is 2. The summed E-state index contributed by atoms with van der Waals surface area (Å²) in [6.07, 6.45) is 3.44. The summed E-state index contributed by atoms with van der Waals surface area (Å²) in [6, 6.07) is 24.5. The standard InChI is InChI=1S/C34H26N2O5S/c1-19-7-8-22(33(38)39)17-27(19)28-16-14-24(41-28)18-29-32(37)36-31(21-9-12-23(40-2)13-10-21)26-15-11-20-5-3-4-6-25(20)30(26)35-34(36)42-29/h3-10,12-14,16-18,31H,11,15H2,1-2H3,(H,38,39)/b29-18-/t31-/m1/s1. The first kappa shape index (κ1) is 26.0. The largest absolute Gasteiger partial charge is 0.497 e. The van der Waals surface area contributed by atoms with Gasteiger partial charge in [-0.3, -0.25) is 9.36 Å². The highest BCUT2D eigenvalue weighted by Gasteiger charge is 2.32. The van der Waals surface area contributed by atoms with Gasteiger partial charge in [-0.25, -0.2) is 9.79 Å². The quantitative estimate of drug-likeness (QED) is 0.295. The van der Waals surface area contributed by atoms with E-state index in [0.29, 0.717) is 26.4 Å². The van der Waals surface area contributed by atoms with Crippen LogP contribution in [0.3, 0.4) is 0 Å². The number of hydrogen-bond donors (Lipinski definition) is 1. The van der Waals surface area contributed by atoms with Gasteiger partial charge in [-0.05, 0) is 78.4 Å². The Bertz CT molecular complexity index is 2100. The zero-order valence-corrected chi connectivity index (χ0v) is 23.8. The van der Waals surface area contributed by atoms with Crippen molar-refractivity contribution in [2.24, 2.45) is 4.99 Å². The number of carbonyl (C=O) groups is 1. The fourth-order valence-electron chi connectivity index (χ4n) is 5.83. The fraction of sp³-hybridized carbons (Fsp3) is 0.147. The lowest BCUT2D eigenvalue weighted by Gasteiger charge is -2.30. The molecule has 3 aromatic carbocycles. The van der Waals surface area contributed by atoms with Gasteiger partial charge in [0, 0.05) is 17.2 Å². The van der Waals surface area contributed by atoms with Crippen molar-refractivity contribution in [1.29, 1.82) is 0 Å². The summed E-state index contributed by atoms with van der Waals surface area (Å²) in [7, 11) is 1.64. The van der Waals surface area contributed by atoms with Gasteiger partial charge in [0.25, 0.3) is 5.56 Å². The summed E-state index contributed by atoms with van der Waals surface area (Å²) in [5.74, 6) is 0.802. The second kappa shape index (κ2) is 10.2. The van der Waals surface area contributed by atoms with Crippen molar-refractivity contribution in [1.82, 2.24) is 4.57 Å². The Labute approximate surface area is 245 Å². The number of ether oxygens (including phenoxy) is 1. The van der Waals surface area contributed by atoms with E-state index < -0.39 is 5.97 Å². The molecule has 208 valence electrons. The molecule has 2 aromatic heterocycles. The molecule has 0 fully saturated rings. The molecule has 3 heterocycles. The third kappa shape index (κ3) is 4.31. The molecule has 8 heteroatoms. The number of carboxylic acids is 1. The zero-order chi connectivity index (χ0) is 29.0. The van der Waals surface area contributed by atoms with Gasteiger partial charge < -0.3 is 14.3 Å². The predicted octanol–water partition coefficient (Wildman–Crippen LogP) is 5.59. The maximum Gasteiger partial charge on any atom is 0.335 e. The summed E-state index contributed by atoms with van der Waals surface area (Å²) < 4.78 is 13.8. The molecule has 0 saturated heterocycles. The Hall–Kier alpha value is -4.95. The average Bonchev–Trinajstić information content (AvgIpc) is 3.60. The highest BCUT2D eigenvalue weighted by Crippen LogP contribution is 2.41. The van der Waals surface area contributed by atoms with Gasteiger partial charge in [0.05, 0.1) is 28.9 Å². The molecule has 42 heavy (non-hydrogen) atoms. The van der Waals surface area contributed by atoms with Crippen molar-refractivity contribution < 1.29 is 19.1 Å². The molecule has 0 unspecified atom stereocenters. The lowest BCUT2D eigenvalue weighted by Crippen LogP contribution is -2.38. The third-order valence-electron chi connectivity index (χ3n) is 7.95. The number of carboxylic acid groups (broad SMARTS) is 1. The smallest absolute Gasteiger partial charge is 0.335 e. The van der Waals surface area contributed by atoms with Gasteiger partial charge in [-0.15, -0.1) is 0 Å². The maximum absolute atomic E-state index is 14.0. The molecule has 0 saturated carbocycles. The first-order valence-corrected chi connectivity index (χ1v) is 14.4. The number of nitrogens with zero attached hydrogens (tertiary/aromatic N) is 2. The van der Waals surface area contributed by atoms with Crippen LogP contribution in [-0.2, 0) is 6.42 Å². The molecule has 7 nitrogen and oxygen atoms in total. The van der Waals surface area contributed by atoms with Crippen molar-refractivity contribution in [3.63, 3.8) is 0 Å². The van der Waals surface area contributed by atoms with Gasteiger partial charge in [-0.1, -0.05) is 53.8 Å². The molecule has 2 aliphatic rings. The van der Waals surface area contributed by atoms with Crippen LogP contribution in [0.4, 0.5) is 0 Å². The molecule has 5 aromatic rings. The molecule has 0 spiro atoms. The number of benzene rings is 3. The van der Waals surface area contributed by atoms with Gasteiger partial charge >= 0.3 is 5.97 Å². The minimum Gasteiger partial charge on any atom is -0.497 e. The SMILES string of the molecule is COc1ccc([C@@H]2C3=C(N=c4s/c(=C\c5ccc(-c6cc(C(=O)O)ccc6C)o5)c(=O)n42)c2ccccc2CC3)cc1. The number of allylic oxidation sites excluding steroid dienone is 1. The van der Waals surface area contributed by atoms with E-state index in [1.165, 1.54) is 16.9 Å². The van der Waals surface area contributed by atoms with E-state index in [2.05, 4.69) is 18.2 Å². The molecule has 1 aliphatic heterocycles. The first-order chi connectivity index (χ1) is 20.4. The van der Waals surface area contributed by atoms with Crippen molar-refractivity contribution in [2.45, 2.75) is 25.8 Å². The Balaban J connectivity index is 1.37. The molecule has 1 N–H and O–H groups in total. The van der Waals surface area contributed by atoms with Crippen LogP contribution >= 0.6 is 11.3 Å². The Morgan fingerprint density at radius 3 is 2.64 bits per heavy atom. The lowest BCUT2D eigenvalue weighted by atomic mass is 9.83. The van der Waals surface area contributed by atoms with E-state index in [-0.39, 0.29) is 17.2 Å². The fourth-order valence-corrected chi connectivity index (χ4v) is 6.81. The second-order valence-corrected chi connectivity index (χ2v) is 11.4. The van der Waals surface area contributed by atoms with Gasteiger partial charge in [0.2, 0.25) is 0 Å². The van der Waals surface area contributed by atoms with Gasteiger partial charge in [0.1, 0.15) is 17.3 Å². The molecule has 1 aliphatic carbocycles. The minimum atomic E-state index is -0.999. The van der Waals surface area contributed by atoms with E-state index in [1.807, 2.05) is 37.3 Å². The number of aromatic carboxylic acids is 1. The Kier molecular flexibility index (Phi) is 6.28. The molecule has 0 radical (unpaired) electrons. The average molecular weight is 575 g/mol. The van der Waals surface area contributed by atoms with E-state index in [0.717, 1.165) is 46.6 Å². The summed E-state index contributed by atoms with van der Waals surface area (Å²) in [6.45, 7) is 1.90. The number of rotatable bonds is 5. The number of thiazole rings is 1. The number of hydrogen-bond acceptors (Lipinski definition) is 6. The molecule has 7 rings (SSSR count). The first-order valence-electron chi connectivity index (χ1n) is 13.6. The van der Waals surface area contributed by atoms with Gasteiger partial charge in [0.15, 0.2) is 4.80 Å². The van der Waals surface area contributed by atoms with E-state index in [9.17, 15) is 14.7 Å². The van der Waals surface area contributed by atoms with Crippen LogP contribution in [0.5, 0.6) is 5.75 Å². The monoisotopic (exact) mass is 574 g/mol. The van der Waals surface area contributed by atoms with Crippen molar-refractivity contribution in [3.05, 3.63) is 138 Å². The normalized spacial score (nSPS) is 16.0. The third-order valence-corrected chi connectivity index (χ3v) is 8.94. The summed E-state index contributed by atoms with van der Waals surface area (Å²) in [5, 5.41) is 9.43. The van der Waals surface area contributed by atoms with Crippen LogP contribution < -0.4 is 19.6 Å².